The number of nitrogens with one attached hydrogen (secondary N) is 2. The van der Waals surface area contributed by atoms with Crippen molar-refractivity contribution in [2.45, 2.75) is 33.2 Å². The third kappa shape index (κ3) is 5.19. The predicted octanol–water partition coefficient (Wildman–Crippen LogP) is 5.24. The summed E-state index contributed by atoms with van der Waals surface area (Å²) in [5.41, 5.74) is 4.91. The molecule has 2 aromatic carbocycles. The van der Waals surface area contributed by atoms with E-state index in [1.54, 1.807) is 6.07 Å². The van der Waals surface area contributed by atoms with E-state index in [1.165, 1.54) is 16.9 Å². The van der Waals surface area contributed by atoms with Crippen molar-refractivity contribution in [2.75, 3.05) is 11.9 Å². The molecular weight excluding hydrogens is 444 g/mol. The number of nitrogens with zero attached hydrogens (tertiary/aromatic N) is 1. The number of fused-ring (bicyclic) bond motifs is 1. The van der Waals surface area contributed by atoms with Gasteiger partial charge in [0.15, 0.2) is 0 Å². The van der Waals surface area contributed by atoms with Gasteiger partial charge in [0.1, 0.15) is 5.82 Å². The number of thiazole rings is 1. The lowest BCUT2D eigenvalue weighted by atomic mass is 9.99. The molecule has 4 nitrogen and oxygen atoms in total. The van der Waals surface area contributed by atoms with Gasteiger partial charge in [-0.3, -0.25) is 4.79 Å². The summed E-state index contributed by atoms with van der Waals surface area (Å²) >= 11 is 1.51. The van der Waals surface area contributed by atoms with Gasteiger partial charge in [-0.1, -0.05) is 35.9 Å². The van der Waals surface area contributed by atoms with Gasteiger partial charge in [0, 0.05) is 17.0 Å². The van der Waals surface area contributed by atoms with Crippen LogP contribution in [0.25, 0.3) is 11.3 Å². The standard InChI is InChI=1S/C22H22FN3OS.2ClH/c1-13-3-5-15(6-4-13)22-19(28-14(2)25-22)11-20(27)26-18-8-7-16-12-24-10-9-17(16)21(18)23;;/h3-8,24H,9-12H2,1-2H3,(H,26,27);2*1H. The number of amides is 1. The second kappa shape index (κ2) is 10.4. The van der Waals surface area contributed by atoms with Crippen LogP contribution in [0, 0.1) is 19.7 Å². The van der Waals surface area contributed by atoms with E-state index in [-0.39, 0.29) is 48.6 Å². The van der Waals surface area contributed by atoms with E-state index < -0.39 is 0 Å². The third-order valence-electron chi connectivity index (χ3n) is 4.93. The van der Waals surface area contributed by atoms with Crippen molar-refractivity contribution in [1.82, 2.24) is 10.3 Å². The fourth-order valence-electron chi connectivity index (χ4n) is 3.50. The zero-order chi connectivity index (χ0) is 19.7. The van der Waals surface area contributed by atoms with Crippen LogP contribution in [0.1, 0.15) is 26.6 Å². The normalized spacial score (nSPS) is 12.4. The van der Waals surface area contributed by atoms with Crippen molar-refractivity contribution in [3.05, 3.63) is 68.8 Å². The van der Waals surface area contributed by atoms with Crippen LogP contribution in [-0.2, 0) is 24.2 Å². The molecule has 0 fully saturated rings. The number of benzene rings is 2. The van der Waals surface area contributed by atoms with Crippen LogP contribution in [0.5, 0.6) is 0 Å². The Balaban J connectivity index is 0.00000160. The van der Waals surface area contributed by atoms with Gasteiger partial charge in [-0.15, -0.1) is 36.2 Å². The lowest BCUT2D eigenvalue weighted by Gasteiger charge is -2.19. The molecule has 0 spiro atoms. The Morgan fingerprint density at radius 2 is 1.90 bits per heavy atom. The highest BCUT2D eigenvalue weighted by Crippen LogP contribution is 2.30. The SMILES string of the molecule is Cc1ccc(-c2nc(C)sc2CC(=O)Nc2ccc3c(c2F)CCNC3)cc1.Cl.Cl. The van der Waals surface area contributed by atoms with Gasteiger partial charge in [0.25, 0.3) is 0 Å². The fourth-order valence-corrected chi connectivity index (χ4v) is 4.45. The molecule has 1 aliphatic rings. The second-order valence-corrected chi connectivity index (χ2v) is 8.37. The number of carbonyl (C=O) groups excluding carboxylic acids is 1. The van der Waals surface area contributed by atoms with E-state index in [1.807, 2.05) is 44.2 Å². The lowest BCUT2D eigenvalue weighted by Crippen LogP contribution is -2.25. The quantitative estimate of drug-likeness (QED) is 0.551. The lowest BCUT2D eigenvalue weighted by molar-refractivity contribution is -0.115. The number of carbonyl (C=O) groups is 1. The molecule has 3 aromatic rings. The van der Waals surface area contributed by atoms with E-state index in [2.05, 4.69) is 15.6 Å². The van der Waals surface area contributed by atoms with E-state index in [0.717, 1.165) is 33.3 Å². The molecule has 0 bridgehead atoms. The highest BCUT2D eigenvalue weighted by molar-refractivity contribution is 7.12. The summed E-state index contributed by atoms with van der Waals surface area (Å²) in [4.78, 5) is 18.1. The summed E-state index contributed by atoms with van der Waals surface area (Å²) in [6, 6.07) is 11.6. The third-order valence-corrected chi connectivity index (χ3v) is 5.90. The Kier molecular flexibility index (Phi) is 8.38. The molecule has 1 aliphatic heterocycles. The van der Waals surface area contributed by atoms with Gasteiger partial charge in [0.05, 0.1) is 22.8 Å². The zero-order valence-electron chi connectivity index (χ0n) is 16.8. The Morgan fingerprint density at radius 3 is 2.63 bits per heavy atom. The summed E-state index contributed by atoms with van der Waals surface area (Å²) in [7, 11) is 0. The summed E-state index contributed by atoms with van der Waals surface area (Å²) in [6.07, 6.45) is 0.809. The van der Waals surface area contributed by atoms with Crippen molar-refractivity contribution in [3.63, 3.8) is 0 Å². The average molecular weight is 468 g/mol. The van der Waals surface area contributed by atoms with Crippen LogP contribution in [0.3, 0.4) is 0 Å². The van der Waals surface area contributed by atoms with Crippen molar-refractivity contribution >= 4 is 47.7 Å². The Bertz CT molecular complexity index is 1040. The van der Waals surface area contributed by atoms with Crippen molar-refractivity contribution in [2.24, 2.45) is 0 Å². The summed E-state index contributed by atoms with van der Waals surface area (Å²) < 4.78 is 14.8. The second-order valence-electron chi connectivity index (χ2n) is 7.09. The number of hydrogen-bond donors (Lipinski definition) is 2. The van der Waals surface area contributed by atoms with Gasteiger partial charge in [-0.25, -0.2) is 9.37 Å². The van der Waals surface area contributed by atoms with Crippen LogP contribution >= 0.6 is 36.2 Å². The smallest absolute Gasteiger partial charge is 0.229 e. The van der Waals surface area contributed by atoms with Gasteiger partial charge in [-0.05, 0) is 44.0 Å². The van der Waals surface area contributed by atoms with E-state index in [9.17, 15) is 9.18 Å². The number of rotatable bonds is 4. The molecule has 8 heteroatoms. The van der Waals surface area contributed by atoms with Crippen molar-refractivity contribution in [1.29, 1.82) is 0 Å². The molecule has 2 N–H and O–H groups in total. The molecule has 1 amide bonds. The van der Waals surface area contributed by atoms with Crippen molar-refractivity contribution in [3.8, 4) is 11.3 Å². The first-order chi connectivity index (χ1) is 13.5. The maximum Gasteiger partial charge on any atom is 0.229 e. The fraction of sp³-hybridized carbons (Fsp3) is 0.273. The van der Waals surface area contributed by atoms with E-state index in [0.29, 0.717) is 18.5 Å². The minimum absolute atomic E-state index is 0. The summed E-state index contributed by atoms with van der Waals surface area (Å²) in [6.45, 7) is 5.39. The molecular formula is C22H24Cl2FN3OS. The van der Waals surface area contributed by atoms with Gasteiger partial charge in [0.2, 0.25) is 5.91 Å². The largest absolute Gasteiger partial charge is 0.323 e. The molecule has 4 rings (SSSR count). The van der Waals surface area contributed by atoms with Gasteiger partial charge in [-0.2, -0.15) is 0 Å². The van der Waals surface area contributed by atoms with E-state index in [4.69, 9.17) is 0 Å². The molecule has 1 aromatic heterocycles. The molecule has 0 saturated heterocycles. The molecule has 2 heterocycles. The molecule has 0 radical (unpaired) electrons. The molecule has 30 heavy (non-hydrogen) atoms. The monoisotopic (exact) mass is 467 g/mol. The van der Waals surface area contributed by atoms with Crippen LogP contribution in [0.2, 0.25) is 0 Å². The number of halogens is 3. The highest BCUT2D eigenvalue weighted by atomic mass is 35.5. The Labute approximate surface area is 192 Å². The van der Waals surface area contributed by atoms with Crippen LogP contribution in [-0.4, -0.2) is 17.4 Å². The molecule has 160 valence electrons. The van der Waals surface area contributed by atoms with Crippen molar-refractivity contribution < 1.29 is 9.18 Å². The first kappa shape index (κ1) is 24.3. The molecule has 0 unspecified atom stereocenters. The number of aromatic nitrogens is 1. The van der Waals surface area contributed by atoms with Crippen LogP contribution in [0.15, 0.2) is 36.4 Å². The van der Waals surface area contributed by atoms with Gasteiger partial charge < -0.3 is 10.6 Å². The maximum atomic E-state index is 14.8. The highest BCUT2D eigenvalue weighted by Gasteiger charge is 2.19. The topological polar surface area (TPSA) is 54.0 Å². The maximum absolute atomic E-state index is 14.8. The summed E-state index contributed by atoms with van der Waals surface area (Å²) in [5.74, 6) is -0.545. The zero-order valence-corrected chi connectivity index (χ0v) is 19.2. The van der Waals surface area contributed by atoms with Crippen LogP contribution in [0.4, 0.5) is 10.1 Å². The number of hydrogen-bond acceptors (Lipinski definition) is 4. The number of aryl methyl sites for hydroxylation is 2. The number of anilines is 1. The van der Waals surface area contributed by atoms with Crippen LogP contribution < -0.4 is 10.6 Å². The average Bonchev–Trinajstić information content (AvgIpc) is 3.05. The first-order valence-corrected chi connectivity index (χ1v) is 10.2. The minimum Gasteiger partial charge on any atom is -0.323 e. The molecule has 0 aliphatic carbocycles. The first-order valence-electron chi connectivity index (χ1n) is 9.35. The summed E-state index contributed by atoms with van der Waals surface area (Å²) in [5, 5.41) is 6.89. The Hall–Kier alpha value is -1.99. The van der Waals surface area contributed by atoms with E-state index >= 15 is 0 Å². The molecule has 0 atom stereocenters. The van der Waals surface area contributed by atoms with Gasteiger partial charge >= 0.3 is 0 Å². The predicted molar refractivity (Wildman–Crippen MR) is 126 cm³/mol. The molecule has 0 saturated carbocycles. The minimum atomic E-state index is -0.313. The Morgan fingerprint density at radius 1 is 1.17 bits per heavy atom.